The zero-order chi connectivity index (χ0) is 14.1. The van der Waals surface area contributed by atoms with Gasteiger partial charge in [-0.1, -0.05) is 18.6 Å². The smallest absolute Gasteiger partial charge is 0.218 e. The van der Waals surface area contributed by atoms with Crippen molar-refractivity contribution in [1.29, 1.82) is 0 Å². The molecule has 0 aromatic heterocycles. The molecule has 0 saturated carbocycles. The number of nitrogens with two attached hydrogens (primary N) is 1. The van der Waals surface area contributed by atoms with Gasteiger partial charge < -0.3 is 5.73 Å². The van der Waals surface area contributed by atoms with Crippen molar-refractivity contribution >= 4 is 15.7 Å². The van der Waals surface area contributed by atoms with Crippen molar-refractivity contribution in [2.75, 3.05) is 12.3 Å². The number of nitrogens with zero attached hydrogens (tertiary/aromatic N) is 1. The first-order valence-corrected chi connectivity index (χ1v) is 8.27. The molecule has 1 fully saturated rings. The maximum atomic E-state index is 12.6. The van der Waals surface area contributed by atoms with E-state index in [9.17, 15) is 8.42 Å². The second kappa shape index (κ2) is 5.13. The number of sulfonamides is 1. The SMILES string of the molecule is CC1(C)CCCCN1S(=O)(=O)Cc1cccc(N)c1. The Labute approximate surface area is 115 Å². The van der Waals surface area contributed by atoms with Gasteiger partial charge in [-0.05, 0) is 44.4 Å². The van der Waals surface area contributed by atoms with E-state index in [0.29, 0.717) is 12.2 Å². The molecular weight excluding hydrogens is 260 g/mol. The number of hydrogen-bond acceptors (Lipinski definition) is 3. The van der Waals surface area contributed by atoms with E-state index in [-0.39, 0.29) is 11.3 Å². The second-order valence-electron chi connectivity index (χ2n) is 5.84. The molecule has 1 aromatic rings. The first-order chi connectivity index (χ1) is 8.81. The molecule has 0 aliphatic carbocycles. The highest BCUT2D eigenvalue weighted by molar-refractivity contribution is 7.88. The molecule has 5 heteroatoms. The molecule has 0 amide bonds. The molecular formula is C14H22N2O2S. The second-order valence-corrected chi connectivity index (χ2v) is 7.74. The highest BCUT2D eigenvalue weighted by atomic mass is 32.2. The number of piperidine rings is 1. The Bertz CT molecular complexity index is 552. The molecule has 0 bridgehead atoms. The number of nitrogen functional groups attached to an aromatic ring is 1. The Balaban J connectivity index is 2.22. The van der Waals surface area contributed by atoms with Crippen LogP contribution in [0.4, 0.5) is 5.69 Å². The monoisotopic (exact) mass is 282 g/mol. The van der Waals surface area contributed by atoms with E-state index in [4.69, 9.17) is 5.73 Å². The van der Waals surface area contributed by atoms with Crippen LogP contribution in [-0.2, 0) is 15.8 Å². The van der Waals surface area contributed by atoms with Gasteiger partial charge in [-0.15, -0.1) is 0 Å². The van der Waals surface area contributed by atoms with Gasteiger partial charge in [0.25, 0.3) is 0 Å². The van der Waals surface area contributed by atoms with Crippen LogP contribution in [0.2, 0.25) is 0 Å². The average molecular weight is 282 g/mol. The van der Waals surface area contributed by atoms with E-state index >= 15 is 0 Å². The Morgan fingerprint density at radius 3 is 2.68 bits per heavy atom. The minimum absolute atomic E-state index is 0.0292. The van der Waals surface area contributed by atoms with Crippen molar-refractivity contribution in [3.05, 3.63) is 29.8 Å². The van der Waals surface area contributed by atoms with Crippen LogP contribution >= 0.6 is 0 Å². The summed E-state index contributed by atoms with van der Waals surface area (Å²) in [4.78, 5) is 0. The van der Waals surface area contributed by atoms with Gasteiger partial charge in [-0.25, -0.2) is 8.42 Å². The highest BCUT2D eigenvalue weighted by Gasteiger charge is 2.37. The molecule has 0 unspecified atom stereocenters. The maximum Gasteiger partial charge on any atom is 0.218 e. The Hall–Kier alpha value is -1.07. The summed E-state index contributed by atoms with van der Waals surface area (Å²) in [6.07, 6.45) is 2.96. The van der Waals surface area contributed by atoms with E-state index < -0.39 is 10.0 Å². The normalized spacial score (nSPS) is 20.3. The fourth-order valence-electron chi connectivity index (χ4n) is 2.73. The van der Waals surface area contributed by atoms with Gasteiger partial charge in [-0.2, -0.15) is 4.31 Å². The van der Waals surface area contributed by atoms with E-state index in [1.807, 2.05) is 19.9 Å². The number of rotatable bonds is 3. The molecule has 0 radical (unpaired) electrons. The molecule has 0 atom stereocenters. The standard InChI is InChI=1S/C14H22N2O2S/c1-14(2)8-3-4-9-16(14)19(17,18)11-12-6-5-7-13(15)10-12/h5-7,10H,3-4,8-9,11,15H2,1-2H3. The largest absolute Gasteiger partial charge is 0.399 e. The molecule has 1 heterocycles. The summed E-state index contributed by atoms with van der Waals surface area (Å²) in [5.41, 5.74) is 6.77. The predicted octanol–water partition coefficient (Wildman–Crippen LogP) is 2.36. The van der Waals surface area contributed by atoms with E-state index in [0.717, 1.165) is 24.8 Å². The van der Waals surface area contributed by atoms with Gasteiger partial charge in [0, 0.05) is 17.8 Å². The van der Waals surface area contributed by atoms with Gasteiger partial charge in [0.05, 0.1) is 5.75 Å². The molecule has 1 aromatic carbocycles. The van der Waals surface area contributed by atoms with Crippen molar-refractivity contribution in [1.82, 2.24) is 4.31 Å². The third-order valence-corrected chi connectivity index (χ3v) is 5.76. The van der Waals surface area contributed by atoms with Crippen molar-refractivity contribution in [3.63, 3.8) is 0 Å². The Morgan fingerprint density at radius 2 is 2.05 bits per heavy atom. The van der Waals surface area contributed by atoms with Gasteiger partial charge >= 0.3 is 0 Å². The molecule has 1 saturated heterocycles. The number of hydrogen-bond donors (Lipinski definition) is 1. The van der Waals surface area contributed by atoms with Crippen LogP contribution < -0.4 is 5.73 Å². The van der Waals surface area contributed by atoms with Gasteiger partial charge in [0.15, 0.2) is 0 Å². The lowest BCUT2D eigenvalue weighted by Crippen LogP contribution is -2.50. The fourth-order valence-corrected chi connectivity index (χ4v) is 4.74. The predicted molar refractivity (Wildman–Crippen MR) is 78.1 cm³/mol. The summed E-state index contributed by atoms with van der Waals surface area (Å²) in [6.45, 7) is 4.63. The van der Waals surface area contributed by atoms with Crippen molar-refractivity contribution < 1.29 is 8.42 Å². The lowest BCUT2D eigenvalue weighted by atomic mass is 9.93. The number of benzene rings is 1. The third kappa shape index (κ3) is 3.28. The molecule has 2 rings (SSSR count). The Kier molecular flexibility index (Phi) is 3.87. The molecule has 1 aliphatic rings. The third-order valence-electron chi connectivity index (χ3n) is 3.71. The van der Waals surface area contributed by atoms with Gasteiger partial charge in [-0.3, -0.25) is 0 Å². The lowest BCUT2D eigenvalue weighted by molar-refractivity contribution is 0.169. The van der Waals surface area contributed by atoms with Crippen LogP contribution in [-0.4, -0.2) is 24.8 Å². The van der Waals surface area contributed by atoms with Crippen LogP contribution in [0.15, 0.2) is 24.3 Å². The average Bonchev–Trinajstić information content (AvgIpc) is 2.27. The number of anilines is 1. The molecule has 2 N–H and O–H groups in total. The molecule has 0 spiro atoms. The van der Waals surface area contributed by atoms with Crippen molar-refractivity contribution in [3.8, 4) is 0 Å². The van der Waals surface area contributed by atoms with Crippen molar-refractivity contribution in [2.45, 2.75) is 44.4 Å². The van der Waals surface area contributed by atoms with Crippen LogP contribution in [0.3, 0.4) is 0 Å². The van der Waals surface area contributed by atoms with E-state index in [2.05, 4.69) is 0 Å². The lowest BCUT2D eigenvalue weighted by Gasteiger charge is -2.41. The first-order valence-electron chi connectivity index (χ1n) is 6.66. The van der Waals surface area contributed by atoms with Crippen LogP contribution in [0.5, 0.6) is 0 Å². The van der Waals surface area contributed by atoms with Gasteiger partial charge in [0.2, 0.25) is 10.0 Å². The van der Waals surface area contributed by atoms with Gasteiger partial charge in [0.1, 0.15) is 0 Å². The van der Waals surface area contributed by atoms with Crippen LogP contribution in [0.1, 0.15) is 38.7 Å². The highest BCUT2D eigenvalue weighted by Crippen LogP contribution is 2.31. The quantitative estimate of drug-likeness (QED) is 0.866. The van der Waals surface area contributed by atoms with E-state index in [1.165, 1.54) is 0 Å². The zero-order valence-electron chi connectivity index (χ0n) is 11.6. The summed E-state index contributed by atoms with van der Waals surface area (Å²) in [7, 11) is -3.28. The summed E-state index contributed by atoms with van der Waals surface area (Å²) in [6, 6.07) is 7.10. The fraction of sp³-hybridized carbons (Fsp3) is 0.571. The summed E-state index contributed by atoms with van der Waals surface area (Å²) >= 11 is 0. The van der Waals surface area contributed by atoms with Crippen LogP contribution in [0.25, 0.3) is 0 Å². The Morgan fingerprint density at radius 1 is 1.32 bits per heavy atom. The van der Waals surface area contributed by atoms with Crippen molar-refractivity contribution in [2.24, 2.45) is 0 Å². The van der Waals surface area contributed by atoms with E-state index in [1.54, 1.807) is 22.5 Å². The maximum absolute atomic E-state index is 12.6. The minimum atomic E-state index is -3.28. The molecule has 106 valence electrons. The molecule has 4 nitrogen and oxygen atoms in total. The zero-order valence-corrected chi connectivity index (χ0v) is 12.4. The van der Waals surface area contributed by atoms with Crippen LogP contribution in [0, 0.1) is 0 Å². The molecule has 19 heavy (non-hydrogen) atoms. The minimum Gasteiger partial charge on any atom is -0.399 e. The summed E-state index contributed by atoms with van der Waals surface area (Å²) < 4.78 is 26.8. The summed E-state index contributed by atoms with van der Waals surface area (Å²) in [5.74, 6) is 0.0292. The topological polar surface area (TPSA) is 63.4 Å². The summed E-state index contributed by atoms with van der Waals surface area (Å²) in [5, 5.41) is 0. The molecule has 1 aliphatic heterocycles. The first kappa shape index (κ1) is 14.3.